The van der Waals surface area contributed by atoms with Crippen LogP contribution in [-0.4, -0.2) is 65.3 Å². The van der Waals surface area contributed by atoms with Gasteiger partial charge in [-0.05, 0) is 61.4 Å². The maximum Gasteiger partial charge on any atom is 0.336 e. The van der Waals surface area contributed by atoms with Crippen LogP contribution in [0.2, 0.25) is 5.02 Å². The van der Waals surface area contributed by atoms with Gasteiger partial charge in [-0.15, -0.1) is 0 Å². The number of rotatable bonds is 8. The summed E-state index contributed by atoms with van der Waals surface area (Å²) >= 11 is 6.23. The molecule has 0 saturated carbocycles. The van der Waals surface area contributed by atoms with Gasteiger partial charge in [0.15, 0.2) is 0 Å². The van der Waals surface area contributed by atoms with Crippen LogP contribution >= 0.6 is 11.6 Å². The van der Waals surface area contributed by atoms with Gasteiger partial charge >= 0.3 is 5.97 Å². The number of hydrogen-bond acceptors (Lipinski definition) is 7. The zero-order valence-corrected chi connectivity index (χ0v) is 25.3. The molecule has 1 atom stereocenters. The molecule has 2 aliphatic heterocycles. The molecule has 0 bridgehead atoms. The number of nitro groups is 1. The second-order valence-corrected chi connectivity index (χ2v) is 11.2. The Morgan fingerprint density at radius 1 is 1.00 bits per heavy atom. The van der Waals surface area contributed by atoms with Crippen molar-refractivity contribution in [2.45, 2.75) is 32.7 Å². The quantitative estimate of drug-likeness (QED) is 0.185. The maximum absolute atomic E-state index is 13.5. The largest absolute Gasteiger partial charge is 0.463 e. The molecule has 3 aromatic carbocycles. The second kappa shape index (κ2) is 13.3. The fourth-order valence-corrected chi connectivity index (χ4v) is 6.00. The highest BCUT2D eigenvalue weighted by atomic mass is 35.5. The number of hydrogen-bond donors (Lipinski definition) is 0. The summed E-state index contributed by atoms with van der Waals surface area (Å²) in [7, 11) is 0. The van der Waals surface area contributed by atoms with Crippen LogP contribution in [0.1, 0.15) is 47.7 Å². The van der Waals surface area contributed by atoms with E-state index in [1.807, 2.05) is 12.1 Å². The monoisotopic (exact) mass is 616 g/mol. The Kier molecular flexibility index (Phi) is 9.29. The van der Waals surface area contributed by atoms with Gasteiger partial charge in [-0.1, -0.05) is 35.9 Å². The molecule has 44 heavy (non-hydrogen) atoms. The number of carbonyl (C=O) groups is 3. The van der Waals surface area contributed by atoms with E-state index >= 15 is 0 Å². The lowest BCUT2D eigenvalue weighted by Crippen LogP contribution is -2.48. The van der Waals surface area contributed by atoms with Gasteiger partial charge in [-0.2, -0.15) is 0 Å². The van der Waals surface area contributed by atoms with Gasteiger partial charge < -0.3 is 19.4 Å². The molecule has 0 unspecified atom stereocenters. The number of ether oxygens (including phenoxy) is 1. The van der Waals surface area contributed by atoms with Crippen LogP contribution in [0.15, 0.2) is 84.1 Å². The predicted octanol–water partition coefficient (Wildman–Crippen LogP) is 5.56. The standard InChI is InChI=1S/C33H33ClN4O6/c1-3-44-33(41)31-22(2)37(30(39)20-29(31)24-7-5-9-26(34)19-24)21-23-6-4-8-25(18-23)32(40)36-16-14-35(15-17-36)27-10-12-28(13-11-27)38(42)43/h4-13,18-19,29H,3,14-17,20-21H2,1-2H3/t29-/m0/s1. The summed E-state index contributed by atoms with van der Waals surface area (Å²) in [6.07, 6.45) is 0.0868. The summed E-state index contributed by atoms with van der Waals surface area (Å²) in [4.78, 5) is 56.0. The van der Waals surface area contributed by atoms with Crippen LogP contribution < -0.4 is 4.90 Å². The highest BCUT2D eigenvalue weighted by Gasteiger charge is 2.37. The first-order valence-corrected chi connectivity index (χ1v) is 14.9. The van der Waals surface area contributed by atoms with Gasteiger partial charge in [0.2, 0.25) is 5.91 Å². The fourth-order valence-electron chi connectivity index (χ4n) is 5.81. The predicted molar refractivity (Wildman–Crippen MR) is 166 cm³/mol. The Morgan fingerprint density at radius 2 is 1.70 bits per heavy atom. The van der Waals surface area contributed by atoms with Gasteiger partial charge in [0.1, 0.15) is 0 Å². The summed E-state index contributed by atoms with van der Waals surface area (Å²) in [6, 6.07) is 20.8. The van der Waals surface area contributed by atoms with Crippen molar-refractivity contribution >= 4 is 40.8 Å². The normalized spacial score (nSPS) is 17.1. The smallest absolute Gasteiger partial charge is 0.336 e. The molecular weight excluding hydrogens is 584 g/mol. The Bertz CT molecular complexity index is 1610. The molecule has 0 spiro atoms. The summed E-state index contributed by atoms with van der Waals surface area (Å²) in [6.45, 7) is 6.09. The lowest BCUT2D eigenvalue weighted by atomic mass is 9.83. The zero-order chi connectivity index (χ0) is 31.4. The number of non-ortho nitro benzene ring substituents is 1. The van der Waals surface area contributed by atoms with Gasteiger partial charge in [-0.25, -0.2) is 4.79 Å². The number of allylic oxidation sites excluding steroid dienone is 1. The Balaban J connectivity index is 1.31. The summed E-state index contributed by atoms with van der Waals surface area (Å²) in [5.41, 5.74) is 3.90. The number of esters is 1. The van der Waals surface area contributed by atoms with Gasteiger partial charge in [0.05, 0.1) is 23.6 Å². The minimum Gasteiger partial charge on any atom is -0.463 e. The lowest BCUT2D eigenvalue weighted by Gasteiger charge is -2.36. The lowest BCUT2D eigenvalue weighted by molar-refractivity contribution is -0.384. The summed E-state index contributed by atoms with van der Waals surface area (Å²) < 4.78 is 5.39. The third-order valence-corrected chi connectivity index (χ3v) is 8.31. The fraction of sp³-hybridized carbons (Fsp3) is 0.303. The molecule has 5 rings (SSSR count). The number of benzene rings is 3. The third-order valence-electron chi connectivity index (χ3n) is 8.08. The molecule has 1 saturated heterocycles. The van der Waals surface area contributed by atoms with Gasteiger partial charge in [0, 0.05) is 72.6 Å². The van der Waals surface area contributed by atoms with E-state index < -0.39 is 16.8 Å². The summed E-state index contributed by atoms with van der Waals surface area (Å²) in [5, 5.41) is 11.5. The van der Waals surface area contributed by atoms with Gasteiger partial charge in [0.25, 0.3) is 11.6 Å². The maximum atomic E-state index is 13.5. The molecule has 11 heteroatoms. The zero-order valence-electron chi connectivity index (χ0n) is 24.6. The molecule has 2 aliphatic rings. The van der Waals surface area contributed by atoms with Crippen molar-refractivity contribution in [3.8, 4) is 0 Å². The number of amides is 2. The highest BCUT2D eigenvalue weighted by molar-refractivity contribution is 6.30. The molecular formula is C33H33ClN4O6. The van der Waals surface area contributed by atoms with E-state index in [-0.39, 0.29) is 37.1 Å². The van der Waals surface area contributed by atoms with E-state index in [1.54, 1.807) is 72.2 Å². The molecule has 0 radical (unpaired) electrons. The number of anilines is 1. The second-order valence-electron chi connectivity index (χ2n) is 10.8. The van der Waals surface area contributed by atoms with Crippen LogP contribution in [-0.2, 0) is 20.9 Å². The van der Waals surface area contributed by atoms with E-state index in [9.17, 15) is 24.5 Å². The molecule has 0 aliphatic carbocycles. The van der Waals surface area contributed by atoms with E-state index in [1.165, 1.54) is 12.1 Å². The first-order chi connectivity index (χ1) is 21.2. The molecule has 2 heterocycles. The van der Waals surface area contributed by atoms with Gasteiger partial charge in [-0.3, -0.25) is 19.7 Å². The molecule has 10 nitrogen and oxygen atoms in total. The number of halogens is 1. The molecule has 1 fully saturated rings. The van der Waals surface area contributed by atoms with Crippen LogP contribution in [0.25, 0.3) is 0 Å². The number of carbonyl (C=O) groups excluding carboxylic acids is 3. The van der Waals surface area contributed by atoms with Crippen LogP contribution in [0.3, 0.4) is 0 Å². The van der Waals surface area contributed by atoms with Crippen LogP contribution in [0.4, 0.5) is 11.4 Å². The molecule has 0 N–H and O–H groups in total. The Morgan fingerprint density at radius 3 is 2.36 bits per heavy atom. The van der Waals surface area contributed by atoms with Crippen molar-refractivity contribution < 1.29 is 24.0 Å². The first-order valence-electron chi connectivity index (χ1n) is 14.5. The van der Waals surface area contributed by atoms with Crippen molar-refractivity contribution in [3.63, 3.8) is 0 Å². The minimum atomic E-state index is -0.478. The molecule has 3 aromatic rings. The minimum absolute atomic E-state index is 0.0393. The van der Waals surface area contributed by atoms with Crippen LogP contribution in [0, 0.1) is 10.1 Å². The Hall–Kier alpha value is -4.70. The summed E-state index contributed by atoms with van der Waals surface area (Å²) in [5.74, 6) is -1.20. The average Bonchev–Trinajstić information content (AvgIpc) is 3.02. The van der Waals surface area contributed by atoms with Crippen LogP contribution in [0.5, 0.6) is 0 Å². The van der Waals surface area contributed by atoms with E-state index in [0.717, 1.165) is 16.8 Å². The number of piperazine rings is 1. The van der Waals surface area contributed by atoms with E-state index in [0.29, 0.717) is 48.0 Å². The average molecular weight is 617 g/mol. The highest BCUT2D eigenvalue weighted by Crippen LogP contribution is 2.38. The van der Waals surface area contributed by atoms with Crippen molar-refractivity contribution in [2.75, 3.05) is 37.7 Å². The van der Waals surface area contributed by atoms with Crippen molar-refractivity contribution in [3.05, 3.63) is 116 Å². The molecule has 2 amide bonds. The van der Waals surface area contributed by atoms with Crippen molar-refractivity contribution in [1.29, 1.82) is 0 Å². The van der Waals surface area contributed by atoms with Crippen molar-refractivity contribution in [2.24, 2.45) is 0 Å². The van der Waals surface area contributed by atoms with Crippen molar-refractivity contribution in [1.82, 2.24) is 9.80 Å². The molecule has 228 valence electrons. The third kappa shape index (κ3) is 6.60. The Labute approximate surface area is 260 Å². The van der Waals surface area contributed by atoms with E-state index in [4.69, 9.17) is 16.3 Å². The number of nitrogens with zero attached hydrogens (tertiary/aromatic N) is 4. The SMILES string of the molecule is CCOC(=O)C1=C(C)N(Cc2cccc(C(=O)N3CCN(c4ccc([N+](=O)[O-])cc4)CC3)c2)C(=O)C[C@H]1c1cccc(Cl)c1. The van der Waals surface area contributed by atoms with E-state index in [2.05, 4.69) is 4.90 Å². The topological polar surface area (TPSA) is 113 Å². The number of nitro benzene ring substituents is 1. The first kappa shape index (κ1) is 30.7. The molecule has 0 aromatic heterocycles.